The molecule has 140 valence electrons. The molecule has 0 aliphatic carbocycles. The minimum Gasteiger partial charge on any atom is -0.338 e. The van der Waals surface area contributed by atoms with Gasteiger partial charge in [0.05, 0.1) is 18.1 Å². The van der Waals surface area contributed by atoms with E-state index in [4.69, 9.17) is 0 Å². The highest BCUT2D eigenvalue weighted by molar-refractivity contribution is 6.04. The third kappa shape index (κ3) is 4.06. The molecule has 1 saturated heterocycles. The second-order valence-electron chi connectivity index (χ2n) is 6.73. The van der Waals surface area contributed by atoms with Crippen molar-refractivity contribution in [3.8, 4) is 11.4 Å². The lowest BCUT2D eigenvalue weighted by Crippen LogP contribution is -2.24. The van der Waals surface area contributed by atoms with Crippen molar-refractivity contribution >= 4 is 17.5 Å². The molecule has 0 radical (unpaired) electrons. The van der Waals surface area contributed by atoms with Gasteiger partial charge in [0, 0.05) is 30.6 Å². The molecule has 0 bridgehead atoms. The lowest BCUT2D eigenvalue weighted by atomic mass is 10.1. The first-order valence-corrected chi connectivity index (χ1v) is 9.24. The molecule has 1 aliphatic heterocycles. The highest BCUT2D eigenvalue weighted by Gasteiger charge is 2.20. The first kappa shape index (κ1) is 17.9. The average Bonchev–Trinajstić information content (AvgIpc) is 3.14. The lowest BCUT2D eigenvalue weighted by Gasteiger charge is -2.16. The van der Waals surface area contributed by atoms with Crippen molar-refractivity contribution < 1.29 is 9.59 Å². The lowest BCUT2D eigenvalue weighted by molar-refractivity contribution is -0.128. The number of benzene rings is 2. The van der Waals surface area contributed by atoms with Crippen LogP contribution in [-0.4, -0.2) is 33.2 Å². The standard InChI is InChI=1S/C22H20N4O2/c27-20-10-5-11-26(20)15-16-6-4-9-18(12-16)22(28)25-19-13-23-21(24-14-19)17-7-2-1-3-8-17/h1-4,6-9,12-14H,5,10-11,15H2,(H,25,28). The van der Waals surface area contributed by atoms with Gasteiger partial charge in [-0.3, -0.25) is 9.59 Å². The molecule has 3 aromatic rings. The van der Waals surface area contributed by atoms with Gasteiger partial charge in [-0.05, 0) is 24.1 Å². The molecule has 6 nitrogen and oxygen atoms in total. The van der Waals surface area contributed by atoms with Gasteiger partial charge in [0.15, 0.2) is 5.82 Å². The van der Waals surface area contributed by atoms with Crippen molar-refractivity contribution in [1.82, 2.24) is 14.9 Å². The monoisotopic (exact) mass is 372 g/mol. The summed E-state index contributed by atoms with van der Waals surface area (Å²) in [4.78, 5) is 34.8. The van der Waals surface area contributed by atoms with Crippen LogP contribution in [0.2, 0.25) is 0 Å². The fraction of sp³-hybridized carbons (Fsp3) is 0.182. The summed E-state index contributed by atoms with van der Waals surface area (Å²) in [6, 6.07) is 17.0. The van der Waals surface area contributed by atoms with Crippen LogP contribution in [0.5, 0.6) is 0 Å². The molecule has 1 aromatic heterocycles. The largest absolute Gasteiger partial charge is 0.338 e. The van der Waals surface area contributed by atoms with Crippen LogP contribution in [-0.2, 0) is 11.3 Å². The van der Waals surface area contributed by atoms with E-state index in [-0.39, 0.29) is 11.8 Å². The second kappa shape index (κ2) is 8.00. The third-order valence-corrected chi connectivity index (χ3v) is 4.68. The van der Waals surface area contributed by atoms with Gasteiger partial charge in [0.1, 0.15) is 0 Å². The molecule has 0 unspecified atom stereocenters. The van der Waals surface area contributed by atoms with Gasteiger partial charge in [-0.1, -0.05) is 42.5 Å². The first-order chi connectivity index (χ1) is 13.7. The number of nitrogens with one attached hydrogen (secondary N) is 1. The van der Waals surface area contributed by atoms with Crippen molar-refractivity contribution in [3.63, 3.8) is 0 Å². The molecular formula is C22H20N4O2. The highest BCUT2D eigenvalue weighted by atomic mass is 16.2. The molecule has 0 atom stereocenters. The van der Waals surface area contributed by atoms with Crippen molar-refractivity contribution in [2.75, 3.05) is 11.9 Å². The smallest absolute Gasteiger partial charge is 0.255 e. The van der Waals surface area contributed by atoms with Crippen LogP contribution in [0, 0.1) is 0 Å². The van der Waals surface area contributed by atoms with Crippen LogP contribution in [0.15, 0.2) is 67.0 Å². The predicted octanol–water partition coefficient (Wildman–Crippen LogP) is 3.52. The molecule has 1 fully saturated rings. The number of rotatable bonds is 5. The molecule has 28 heavy (non-hydrogen) atoms. The summed E-state index contributed by atoms with van der Waals surface area (Å²) in [5.74, 6) is 0.548. The Kier molecular flexibility index (Phi) is 5.10. The van der Waals surface area contributed by atoms with Crippen molar-refractivity contribution in [3.05, 3.63) is 78.1 Å². The van der Waals surface area contributed by atoms with Gasteiger partial charge < -0.3 is 10.2 Å². The fourth-order valence-corrected chi connectivity index (χ4v) is 3.23. The number of hydrogen-bond donors (Lipinski definition) is 1. The maximum absolute atomic E-state index is 12.6. The Bertz CT molecular complexity index is 987. The number of likely N-dealkylation sites (tertiary alicyclic amines) is 1. The van der Waals surface area contributed by atoms with E-state index in [9.17, 15) is 9.59 Å². The molecule has 2 amide bonds. The molecule has 0 spiro atoms. The summed E-state index contributed by atoms with van der Waals surface area (Å²) >= 11 is 0. The Morgan fingerprint density at radius 2 is 1.82 bits per heavy atom. The third-order valence-electron chi connectivity index (χ3n) is 4.68. The zero-order chi connectivity index (χ0) is 19.3. The summed E-state index contributed by atoms with van der Waals surface area (Å²) in [6.45, 7) is 1.31. The normalized spacial score (nSPS) is 13.6. The molecule has 4 rings (SSSR count). The van der Waals surface area contributed by atoms with Gasteiger partial charge in [-0.15, -0.1) is 0 Å². The van der Waals surface area contributed by atoms with E-state index in [1.807, 2.05) is 53.4 Å². The molecule has 2 heterocycles. The van der Waals surface area contributed by atoms with Gasteiger partial charge in [0.25, 0.3) is 5.91 Å². The van der Waals surface area contributed by atoms with Crippen molar-refractivity contribution in [2.45, 2.75) is 19.4 Å². The Balaban J connectivity index is 1.43. The number of nitrogens with zero attached hydrogens (tertiary/aromatic N) is 3. The summed E-state index contributed by atoms with van der Waals surface area (Å²) in [5.41, 5.74) is 2.93. The fourth-order valence-electron chi connectivity index (χ4n) is 3.23. The number of anilines is 1. The number of amides is 2. The van der Waals surface area contributed by atoms with Gasteiger partial charge in [-0.25, -0.2) is 9.97 Å². The van der Waals surface area contributed by atoms with Crippen LogP contribution in [0.25, 0.3) is 11.4 Å². The maximum Gasteiger partial charge on any atom is 0.255 e. The number of carbonyl (C=O) groups is 2. The summed E-state index contributed by atoms with van der Waals surface area (Å²) in [6.07, 6.45) is 4.71. The SMILES string of the molecule is O=C(Nc1cnc(-c2ccccc2)nc1)c1cccc(CN2CCCC2=O)c1. The zero-order valence-corrected chi connectivity index (χ0v) is 15.3. The van der Waals surface area contributed by atoms with E-state index in [0.717, 1.165) is 24.1 Å². The molecular weight excluding hydrogens is 352 g/mol. The zero-order valence-electron chi connectivity index (χ0n) is 15.3. The van der Waals surface area contributed by atoms with E-state index in [2.05, 4.69) is 15.3 Å². The Hall–Kier alpha value is -3.54. The van der Waals surface area contributed by atoms with E-state index in [0.29, 0.717) is 30.0 Å². The molecule has 6 heteroatoms. The van der Waals surface area contributed by atoms with Crippen LogP contribution in [0.4, 0.5) is 5.69 Å². The Morgan fingerprint density at radius 3 is 2.54 bits per heavy atom. The Morgan fingerprint density at radius 1 is 1.04 bits per heavy atom. The minimum absolute atomic E-state index is 0.172. The summed E-state index contributed by atoms with van der Waals surface area (Å²) in [7, 11) is 0. The number of hydrogen-bond acceptors (Lipinski definition) is 4. The number of aromatic nitrogens is 2. The summed E-state index contributed by atoms with van der Waals surface area (Å²) in [5, 5.41) is 2.82. The molecule has 1 N–H and O–H groups in total. The summed E-state index contributed by atoms with van der Waals surface area (Å²) < 4.78 is 0. The van der Waals surface area contributed by atoms with E-state index in [1.165, 1.54) is 0 Å². The van der Waals surface area contributed by atoms with Crippen LogP contribution in [0.1, 0.15) is 28.8 Å². The van der Waals surface area contributed by atoms with Gasteiger partial charge in [-0.2, -0.15) is 0 Å². The molecule has 2 aromatic carbocycles. The number of carbonyl (C=O) groups excluding carboxylic acids is 2. The van der Waals surface area contributed by atoms with E-state index >= 15 is 0 Å². The van der Waals surface area contributed by atoms with Crippen molar-refractivity contribution in [2.24, 2.45) is 0 Å². The average molecular weight is 372 g/mol. The van der Waals surface area contributed by atoms with Crippen LogP contribution < -0.4 is 5.32 Å². The maximum atomic E-state index is 12.6. The second-order valence-corrected chi connectivity index (χ2v) is 6.73. The van der Waals surface area contributed by atoms with E-state index in [1.54, 1.807) is 18.5 Å². The quantitative estimate of drug-likeness (QED) is 0.744. The van der Waals surface area contributed by atoms with Crippen LogP contribution in [0.3, 0.4) is 0 Å². The molecule has 0 saturated carbocycles. The van der Waals surface area contributed by atoms with Gasteiger partial charge >= 0.3 is 0 Å². The van der Waals surface area contributed by atoms with E-state index < -0.39 is 0 Å². The minimum atomic E-state index is -0.231. The first-order valence-electron chi connectivity index (χ1n) is 9.24. The predicted molar refractivity (Wildman–Crippen MR) is 107 cm³/mol. The van der Waals surface area contributed by atoms with Gasteiger partial charge in [0.2, 0.25) is 5.91 Å². The topological polar surface area (TPSA) is 75.2 Å². The van der Waals surface area contributed by atoms with Crippen LogP contribution >= 0.6 is 0 Å². The van der Waals surface area contributed by atoms with Crippen molar-refractivity contribution in [1.29, 1.82) is 0 Å². The highest BCUT2D eigenvalue weighted by Crippen LogP contribution is 2.17. The Labute approximate surface area is 163 Å². The molecule has 1 aliphatic rings.